The smallest absolute Gasteiger partial charge is 0.294 e. The van der Waals surface area contributed by atoms with Gasteiger partial charge in [-0.05, 0) is 42.8 Å². The summed E-state index contributed by atoms with van der Waals surface area (Å²) >= 11 is 6.27. The van der Waals surface area contributed by atoms with Crippen molar-refractivity contribution >= 4 is 29.0 Å². The van der Waals surface area contributed by atoms with Crippen molar-refractivity contribution in [2.45, 2.75) is 13.0 Å². The Morgan fingerprint density at radius 1 is 1.17 bits per heavy atom. The van der Waals surface area contributed by atoms with E-state index in [-0.39, 0.29) is 11.3 Å². The molecule has 1 amide bonds. The third-order valence-electron chi connectivity index (χ3n) is 4.97. The fourth-order valence-electron chi connectivity index (χ4n) is 3.60. The molecule has 1 aromatic heterocycles. The molecule has 0 aliphatic carbocycles. The largest absolute Gasteiger partial charge is 0.503 e. The van der Waals surface area contributed by atoms with Crippen molar-refractivity contribution in [1.29, 1.82) is 0 Å². The van der Waals surface area contributed by atoms with Crippen LogP contribution in [0.1, 0.15) is 27.7 Å². The van der Waals surface area contributed by atoms with Gasteiger partial charge in [-0.25, -0.2) is 0 Å². The topological polar surface area (TPSA) is 80.0 Å². The van der Waals surface area contributed by atoms with Crippen LogP contribution < -0.4 is 9.64 Å². The number of rotatable bonds is 5. The summed E-state index contributed by atoms with van der Waals surface area (Å²) in [5.74, 6) is -1.38. The fourth-order valence-corrected chi connectivity index (χ4v) is 3.86. The summed E-state index contributed by atoms with van der Waals surface area (Å²) < 4.78 is 10.4. The van der Waals surface area contributed by atoms with Crippen molar-refractivity contribution in [3.63, 3.8) is 0 Å². The number of amides is 1. The van der Waals surface area contributed by atoms with E-state index in [1.54, 1.807) is 30.3 Å². The number of nitrogens with zero attached hydrogens (tertiary/aromatic N) is 1. The number of methoxy groups -OCH3 is 1. The number of ether oxygens (including phenoxy) is 1. The Balaban J connectivity index is 1.89. The molecule has 1 aliphatic rings. The molecule has 152 valence electrons. The minimum Gasteiger partial charge on any atom is -0.503 e. The van der Waals surface area contributed by atoms with Crippen LogP contribution in [0.15, 0.2) is 76.6 Å². The van der Waals surface area contributed by atoms with Gasteiger partial charge in [0.1, 0.15) is 5.75 Å². The Kier molecular flexibility index (Phi) is 5.10. The molecule has 7 heteroatoms. The number of hydrogen-bond acceptors (Lipinski definition) is 5. The van der Waals surface area contributed by atoms with Crippen LogP contribution in [0.2, 0.25) is 5.02 Å². The van der Waals surface area contributed by atoms with E-state index < -0.39 is 23.5 Å². The summed E-state index contributed by atoms with van der Waals surface area (Å²) in [6, 6.07) is 14.5. The van der Waals surface area contributed by atoms with Gasteiger partial charge in [0.25, 0.3) is 5.91 Å². The minimum absolute atomic E-state index is 0.0385. The number of hydrogen-bond donors (Lipinski definition) is 1. The molecule has 1 unspecified atom stereocenters. The predicted molar refractivity (Wildman–Crippen MR) is 112 cm³/mol. The van der Waals surface area contributed by atoms with E-state index in [4.69, 9.17) is 20.8 Å². The summed E-state index contributed by atoms with van der Waals surface area (Å²) in [5.41, 5.74) is 2.00. The van der Waals surface area contributed by atoms with Gasteiger partial charge in [0.2, 0.25) is 5.78 Å². The maximum atomic E-state index is 13.1. The van der Waals surface area contributed by atoms with Gasteiger partial charge < -0.3 is 14.3 Å². The predicted octanol–water partition coefficient (Wildman–Crippen LogP) is 5.03. The normalized spacial score (nSPS) is 16.3. The molecule has 0 radical (unpaired) electrons. The average Bonchev–Trinajstić information content (AvgIpc) is 3.35. The number of furan rings is 1. The van der Waals surface area contributed by atoms with Gasteiger partial charge in [-0.2, -0.15) is 0 Å². The number of ketones is 1. The van der Waals surface area contributed by atoms with Crippen LogP contribution in [0.25, 0.3) is 0 Å². The zero-order valence-corrected chi connectivity index (χ0v) is 17.0. The molecule has 1 N–H and O–H groups in total. The highest BCUT2D eigenvalue weighted by Gasteiger charge is 2.45. The molecule has 2 heterocycles. The summed E-state index contributed by atoms with van der Waals surface area (Å²) in [5, 5.41) is 11.0. The molecular formula is C23H18ClNO5. The number of benzene rings is 2. The first kappa shape index (κ1) is 19.8. The highest BCUT2D eigenvalue weighted by atomic mass is 35.5. The van der Waals surface area contributed by atoms with E-state index in [1.807, 2.05) is 25.1 Å². The van der Waals surface area contributed by atoms with Crippen molar-refractivity contribution in [3.05, 3.63) is 94.1 Å². The Morgan fingerprint density at radius 2 is 1.97 bits per heavy atom. The molecule has 2 aromatic carbocycles. The zero-order valence-electron chi connectivity index (χ0n) is 16.3. The number of aliphatic hydroxyl groups excluding tert-OH is 1. The van der Waals surface area contributed by atoms with Crippen LogP contribution >= 0.6 is 11.6 Å². The van der Waals surface area contributed by atoms with E-state index in [0.717, 1.165) is 5.56 Å². The molecule has 6 nitrogen and oxygen atoms in total. The fraction of sp³-hybridized carbons (Fsp3) is 0.130. The number of Topliss-reactive ketones (excluding diaryl/α,β-unsaturated/α-hetero) is 1. The number of carbonyl (C=O) groups excluding carboxylic acids is 2. The van der Waals surface area contributed by atoms with Gasteiger partial charge in [-0.1, -0.05) is 41.4 Å². The van der Waals surface area contributed by atoms with Crippen LogP contribution in [0, 0.1) is 6.92 Å². The SMILES string of the molecule is COc1ccc(N2C(=O)C(O)=C(C(=O)c3ccco3)C2c2cccc(C)c2)cc1Cl. The second kappa shape index (κ2) is 7.72. The number of aryl methyl sites for hydroxylation is 1. The van der Waals surface area contributed by atoms with Crippen molar-refractivity contribution in [2.75, 3.05) is 12.0 Å². The van der Waals surface area contributed by atoms with Crippen LogP contribution in [0.5, 0.6) is 5.75 Å². The summed E-state index contributed by atoms with van der Waals surface area (Å²) in [6.45, 7) is 1.91. The van der Waals surface area contributed by atoms with Crippen molar-refractivity contribution < 1.29 is 23.8 Å². The van der Waals surface area contributed by atoms with Gasteiger partial charge in [0.15, 0.2) is 11.5 Å². The molecule has 0 bridgehead atoms. The van der Waals surface area contributed by atoms with Crippen LogP contribution in [-0.4, -0.2) is 23.9 Å². The number of anilines is 1. The molecule has 0 saturated carbocycles. The Labute approximate surface area is 177 Å². The summed E-state index contributed by atoms with van der Waals surface area (Å²) in [7, 11) is 1.49. The highest BCUT2D eigenvalue weighted by molar-refractivity contribution is 6.32. The Hall–Kier alpha value is -3.51. The van der Waals surface area contributed by atoms with Gasteiger partial charge in [-0.3, -0.25) is 14.5 Å². The second-order valence-electron chi connectivity index (χ2n) is 6.88. The maximum absolute atomic E-state index is 13.1. The van der Waals surface area contributed by atoms with E-state index in [9.17, 15) is 14.7 Å². The first-order valence-corrected chi connectivity index (χ1v) is 9.55. The van der Waals surface area contributed by atoms with Gasteiger partial charge in [0, 0.05) is 5.69 Å². The quantitative estimate of drug-likeness (QED) is 0.582. The molecule has 3 aromatic rings. The monoisotopic (exact) mass is 423 g/mol. The van der Waals surface area contributed by atoms with Crippen LogP contribution in [0.3, 0.4) is 0 Å². The molecular weight excluding hydrogens is 406 g/mol. The molecule has 0 fully saturated rings. The Bertz CT molecular complexity index is 1170. The number of carbonyl (C=O) groups is 2. The lowest BCUT2D eigenvalue weighted by atomic mass is 9.94. The maximum Gasteiger partial charge on any atom is 0.294 e. The zero-order chi connectivity index (χ0) is 21.4. The van der Waals surface area contributed by atoms with E-state index >= 15 is 0 Å². The first-order valence-electron chi connectivity index (χ1n) is 9.17. The van der Waals surface area contributed by atoms with Gasteiger partial charge in [-0.15, -0.1) is 0 Å². The number of halogens is 1. The third-order valence-corrected chi connectivity index (χ3v) is 5.26. The lowest BCUT2D eigenvalue weighted by molar-refractivity contribution is -0.117. The van der Waals surface area contributed by atoms with Crippen LogP contribution in [0.4, 0.5) is 5.69 Å². The first-order chi connectivity index (χ1) is 14.4. The van der Waals surface area contributed by atoms with E-state index in [0.29, 0.717) is 22.0 Å². The van der Waals surface area contributed by atoms with E-state index in [2.05, 4.69) is 0 Å². The molecule has 1 aliphatic heterocycles. The lowest BCUT2D eigenvalue weighted by Gasteiger charge is -2.27. The molecule has 0 saturated heterocycles. The van der Waals surface area contributed by atoms with Gasteiger partial charge >= 0.3 is 0 Å². The van der Waals surface area contributed by atoms with Crippen molar-refractivity contribution in [3.8, 4) is 5.75 Å². The number of aliphatic hydroxyl groups is 1. The van der Waals surface area contributed by atoms with Crippen molar-refractivity contribution in [1.82, 2.24) is 0 Å². The summed E-state index contributed by atoms with van der Waals surface area (Å²) in [6.07, 6.45) is 1.37. The van der Waals surface area contributed by atoms with Crippen LogP contribution in [-0.2, 0) is 4.79 Å². The molecule has 30 heavy (non-hydrogen) atoms. The highest BCUT2D eigenvalue weighted by Crippen LogP contribution is 2.43. The van der Waals surface area contributed by atoms with Gasteiger partial charge in [0.05, 0.1) is 30.0 Å². The van der Waals surface area contributed by atoms with E-state index in [1.165, 1.54) is 24.3 Å². The Morgan fingerprint density at radius 3 is 2.60 bits per heavy atom. The minimum atomic E-state index is -0.848. The lowest BCUT2D eigenvalue weighted by Crippen LogP contribution is -2.31. The molecule has 1 atom stereocenters. The second-order valence-corrected chi connectivity index (χ2v) is 7.29. The summed E-state index contributed by atoms with van der Waals surface area (Å²) in [4.78, 5) is 27.6. The molecule has 4 rings (SSSR count). The van der Waals surface area contributed by atoms with Crippen molar-refractivity contribution in [2.24, 2.45) is 0 Å². The average molecular weight is 424 g/mol. The standard InChI is InChI=1S/C23H18ClNO5/c1-13-5-3-6-14(11-13)20-19(21(26)18-7-4-10-30-18)22(27)23(28)25(20)15-8-9-17(29-2)16(24)12-15/h3-12,20,27H,1-2H3. The third kappa shape index (κ3) is 3.25. The molecule has 0 spiro atoms.